The molecule has 4 amide bonds. The van der Waals surface area contributed by atoms with Gasteiger partial charge in [-0.2, -0.15) is 0 Å². The molecule has 0 aromatic heterocycles. The standard InChI is InChI=1S/C24H23N3O6/c1-3-33-23(30)17-7-4-16(5-8-17)6-10-19(26-24(31)25-15-28)14-27-13-18-9-11-20(32-2)12-21(18)22(27)29/h4-5,7-9,11-12,15,19H,3,13-14H2,1-2H3,(H2,25,26,28,31)/t19-/m1/s1. The predicted molar refractivity (Wildman–Crippen MR) is 119 cm³/mol. The van der Waals surface area contributed by atoms with Crippen LogP contribution >= 0.6 is 0 Å². The molecule has 0 radical (unpaired) electrons. The Labute approximate surface area is 191 Å². The van der Waals surface area contributed by atoms with Crippen LogP contribution in [0.5, 0.6) is 5.75 Å². The Bertz CT molecular complexity index is 1120. The highest BCUT2D eigenvalue weighted by atomic mass is 16.5. The topological polar surface area (TPSA) is 114 Å². The smallest absolute Gasteiger partial charge is 0.338 e. The van der Waals surface area contributed by atoms with Gasteiger partial charge in [-0.15, -0.1) is 0 Å². The van der Waals surface area contributed by atoms with E-state index in [1.807, 2.05) is 11.4 Å². The van der Waals surface area contributed by atoms with Crippen molar-refractivity contribution in [2.45, 2.75) is 19.5 Å². The monoisotopic (exact) mass is 449 g/mol. The number of urea groups is 1. The number of hydrogen-bond acceptors (Lipinski definition) is 6. The molecule has 0 fully saturated rings. The van der Waals surface area contributed by atoms with Crippen LogP contribution in [0.3, 0.4) is 0 Å². The summed E-state index contributed by atoms with van der Waals surface area (Å²) < 4.78 is 10.1. The van der Waals surface area contributed by atoms with E-state index in [1.54, 1.807) is 48.2 Å². The van der Waals surface area contributed by atoms with E-state index >= 15 is 0 Å². The molecule has 170 valence electrons. The van der Waals surface area contributed by atoms with E-state index in [1.165, 1.54) is 7.11 Å². The van der Waals surface area contributed by atoms with Crippen LogP contribution in [0.4, 0.5) is 4.79 Å². The first-order valence-electron chi connectivity index (χ1n) is 10.2. The van der Waals surface area contributed by atoms with Crippen LogP contribution in [0, 0.1) is 11.8 Å². The van der Waals surface area contributed by atoms with Gasteiger partial charge in [0.2, 0.25) is 6.41 Å². The summed E-state index contributed by atoms with van der Waals surface area (Å²) in [5.74, 6) is 5.80. The van der Waals surface area contributed by atoms with Crippen LogP contribution in [0.1, 0.15) is 38.8 Å². The van der Waals surface area contributed by atoms with Gasteiger partial charge in [-0.05, 0) is 48.9 Å². The number of nitrogens with zero attached hydrogens (tertiary/aromatic N) is 1. The van der Waals surface area contributed by atoms with Gasteiger partial charge in [-0.25, -0.2) is 9.59 Å². The van der Waals surface area contributed by atoms with Gasteiger partial charge in [0.15, 0.2) is 0 Å². The minimum atomic E-state index is -0.755. The summed E-state index contributed by atoms with van der Waals surface area (Å²) in [5, 5.41) is 4.59. The molecule has 2 N–H and O–H groups in total. The lowest BCUT2D eigenvalue weighted by atomic mass is 10.1. The maximum atomic E-state index is 12.8. The molecule has 0 spiro atoms. The van der Waals surface area contributed by atoms with E-state index in [-0.39, 0.29) is 25.5 Å². The van der Waals surface area contributed by atoms with Gasteiger partial charge in [0.25, 0.3) is 5.91 Å². The average Bonchev–Trinajstić information content (AvgIpc) is 3.12. The van der Waals surface area contributed by atoms with Crippen molar-refractivity contribution in [1.29, 1.82) is 0 Å². The number of methoxy groups -OCH3 is 1. The molecule has 1 aliphatic rings. The van der Waals surface area contributed by atoms with Crippen LogP contribution in [0.15, 0.2) is 42.5 Å². The zero-order chi connectivity index (χ0) is 23.8. The van der Waals surface area contributed by atoms with Crippen molar-refractivity contribution in [1.82, 2.24) is 15.5 Å². The number of ether oxygens (including phenoxy) is 2. The summed E-state index contributed by atoms with van der Waals surface area (Å²) in [7, 11) is 1.53. The number of benzene rings is 2. The lowest BCUT2D eigenvalue weighted by Crippen LogP contribution is -2.46. The number of rotatable bonds is 7. The van der Waals surface area contributed by atoms with E-state index < -0.39 is 18.0 Å². The fraction of sp³-hybridized carbons (Fsp3) is 0.250. The van der Waals surface area contributed by atoms with Crippen LogP contribution in [-0.4, -0.2) is 55.5 Å². The minimum Gasteiger partial charge on any atom is -0.497 e. The molecule has 0 bridgehead atoms. The molecule has 0 aliphatic carbocycles. The Kier molecular flexibility index (Phi) is 7.65. The van der Waals surface area contributed by atoms with Crippen molar-refractivity contribution in [3.05, 3.63) is 64.7 Å². The number of imide groups is 1. The summed E-state index contributed by atoms with van der Waals surface area (Å²) in [6, 6.07) is 10.3. The van der Waals surface area contributed by atoms with Gasteiger partial charge in [0, 0.05) is 17.7 Å². The minimum absolute atomic E-state index is 0.107. The Balaban J connectivity index is 1.76. The number of hydrogen-bond donors (Lipinski definition) is 2. The molecule has 0 saturated carbocycles. The molecule has 33 heavy (non-hydrogen) atoms. The van der Waals surface area contributed by atoms with Crippen LogP contribution < -0.4 is 15.4 Å². The first-order chi connectivity index (χ1) is 15.9. The number of amides is 4. The molecule has 1 aliphatic heterocycles. The highest BCUT2D eigenvalue weighted by Gasteiger charge is 2.29. The summed E-state index contributed by atoms with van der Waals surface area (Å²) in [6.45, 7) is 2.48. The predicted octanol–water partition coefficient (Wildman–Crippen LogP) is 1.70. The quantitative estimate of drug-likeness (QED) is 0.378. The van der Waals surface area contributed by atoms with Crippen LogP contribution in [-0.2, 0) is 16.1 Å². The fourth-order valence-electron chi connectivity index (χ4n) is 3.29. The number of carbonyl (C=O) groups excluding carboxylic acids is 4. The first-order valence-corrected chi connectivity index (χ1v) is 10.2. The van der Waals surface area contributed by atoms with Gasteiger partial charge < -0.3 is 19.7 Å². The first kappa shape index (κ1) is 23.3. The highest BCUT2D eigenvalue weighted by Crippen LogP contribution is 2.26. The van der Waals surface area contributed by atoms with E-state index in [0.717, 1.165) is 5.56 Å². The summed E-state index contributed by atoms with van der Waals surface area (Å²) in [5.41, 5.74) is 2.39. The summed E-state index contributed by atoms with van der Waals surface area (Å²) in [6.07, 6.45) is 0.261. The molecule has 2 aromatic rings. The second kappa shape index (κ2) is 10.8. The Morgan fingerprint density at radius 1 is 1.21 bits per heavy atom. The van der Waals surface area contributed by atoms with E-state index in [0.29, 0.717) is 29.0 Å². The second-order valence-corrected chi connectivity index (χ2v) is 7.06. The molecular weight excluding hydrogens is 426 g/mol. The van der Waals surface area contributed by atoms with Crippen molar-refractivity contribution in [3.63, 3.8) is 0 Å². The second-order valence-electron chi connectivity index (χ2n) is 7.06. The fourth-order valence-corrected chi connectivity index (χ4v) is 3.29. The lowest BCUT2D eigenvalue weighted by molar-refractivity contribution is -0.108. The van der Waals surface area contributed by atoms with Crippen molar-refractivity contribution < 1.29 is 28.7 Å². The number of esters is 1. The van der Waals surface area contributed by atoms with Gasteiger partial charge in [0.1, 0.15) is 11.8 Å². The maximum absolute atomic E-state index is 12.8. The van der Waals surface area contributed by atoms with Crippen LogP contribution in [0.25, 0.3) is 0 Å². The Hall–Kier alpha value is -4.32. The molecule has 9 nitrogen and oxygen atoms in total. The zero-order valence-corrected chi connectivity index (χ0v) is 18.2. The van der Waals surface area contributed by atoms with Gasteiger partial charge >= 0.3 is 12.0 Å². The number of nitrogens with one attached hydrogen (secondary N) is 2. The molecule has 2 aromatic carbocycles. The number of carbonyl (C=O) groups is 4. The molecule has 1 atom stereocenters. The lowest BCUT2D eigenvalue weighted by Gasteiger charge is -2.21. The molecular formula is C24H23N3O6. The number of fused-ring (bicyclic) bond motifs is 1. The summed E-state index contributed by atoms with van der Waals surface area (Å²) >= 11 is 0. The zero-order valence-electron chi connectivity index (χ0n) is 18.2. The third-order valence-corrected chi connectivity index (χ3v) is 4.88. The van der Waals surface area contributed by atoms with Crippen molar-refractivity contribution in [2.24, 2.45) is 0 Å². The molecule has 1 heterocycles. The van der Waals surface area contributed by atoms with Crippen LogP contribution in [0.2, 0.25) is 0 Å². The maximum Gasteiger partial charge on any atom is 0.338 e. The van der Waals surface area contributed by atoms with E-state index in [2.05, 4.69) is 17.2 Å². The van der Waals surface area contributed by atoms with E-state index in [9.17, 15) is 19.2 Å². The Morgan fingerprint density at radius 2 is 1.97 bits per heavy atom. The van der Waals surface area contributed by atoms with Crippen molar-refractivity contribution in [2.75, 3.05) is 20.3 Å². The van der Waals surface area contributed by atoms with Gasteiger partial charge in [-0.3, -0.25) is 14.9 Å². The molecule has 0 unspecified atom stereocenters. The molecule has 0 saturated heterocycles. The van der Waals surface area contributed by atoms with E-state index in [4.69, 9.17) is 9.47 Å². The average molecular weight is 449 g/mol. The third kappa shape index (κ3) is 5.89. The third-order valence-electron chi connectivity index (χ3n) is 4.88. The van der Waals surface area contributed by atoms with Gasteiger partial charge in [-0.1, -0.05) is 17.9 Å². The normalized spacial score (nSPS) is 12.7. The molecule has 9 heteroatoms. The Morgan fingerprint density at radius 3 is 2.64 bits per heavy atom. The summed E-state index contributed by atoms with van der Waals surface area (Å²) in [4.78, 5) is 48.7. The SMILES string of the molecule is CCOC(=O)c1ccc(C#C[C@H](CN2Cc3ccc(OC)cc3C2=O)NC(=O)NC=O)cc1. The molecule has 3 rings (SSSR count). The largest absolute Gasteiger partial charge is 0.497 e. The van der Waals surface area contributed by atoms with Crippen molar-refractivity contribution >= 4 is 24.3 Å². The highest BCUT2D eigenvalue weighted by molar-refractivity contribution is 5.98. The van der Waals surface area contributed by atoms with Crippen molar-refractivity contribution in [3.8, 4) is 17.6 Å². The van der Waals surface area contributed by atoms with Gasteiger partial charge in [0.05, 0.1) is 25.8 Å².